The Hall–Kier alpha value is -1.33. The second-order valence-electron chi connectivity index (χ2n) is 2.96. The Morgan fingerprint density at radius 1 is 1.25 bits per heavy atom. The van der Waals surface area contributed by atoms with E-state index in [9.17, 15) is 0 Å². The smallest absolute Gasteiger partial charge is 0.224 e. The number of aromatic nitrogens is 2. The third-order valence-electron chi connectivity index (χ3n) is 1.77. The monoisotopic (exact) mass is 299 g/mol. The van der Waals surface area contributed by atoms with Crippen LogP contribution >= 0.6 is 27.5 Å². The molecule has 1 aromatic carbocycles. The second kappa shape index (κ2) is 4.67. The summed E-state index contributed by atoms with van der Waals surface area (Å²) in [5.74, 6) is 1.21. The fourth-order valence-electron chi connectivity index (χ4n) is 1.08. The van der Waals surface area contributed by atoms with Crippen molar-refractivity contribution in [1.82, 2.24) is 9.97 Å². The summed E-state index contributed by atoms with van der Waals surface area (Å²) in [6.45, 7) is 0. The molecule has 2 N–H and O–H groups in total. The van der Waals surface area contributed by atoms with Crippen LogP contribution in [0.1, 0.15) is 0 Å². The number of halogens is 2. The molecule has 1 heterocycles. The van der Waals surface area contributed by atoms with Gasteiger partial charge in [0, 0.05) is 10.5 Å². The van der Waals surface area contributed by atoms with Gasteiger partial charge in [-0.25, -0.2) is 9.97 Å². The van der Waals surface area contributed by atoms with Gasteiger partial charge in [0.1, 0.15) is 17.9 Å². The van der Waals surface area contributed by atoms with Gasteiger partial charge < -0.3 is 10.5 Å². The number of ether oxygens (including phenoxy) is 1. The minimum Gasteiger partial charge on any atom is -0.437 e. The molecule has 2 rings (SSSR count). The largest absolute Gasteiger partial charge is 0.437 e. The molecule has 0 saturated heterocycles. The lowest BCUT2D eigenvalue weighted by Crippen LogP contribution is -1.94. The van der Waals surface area contributed by atoms with E-state index in [-0.39, 0.29) is 0 Å². The molecule has 0 amide bonds. The highest BCUT2D eigenvalue weighted by molar-refractivity contribution is 9.10. The first kappa shape index (κ1) is 11.2. The molecule has 0 aliphatic heterocycles. The molecule has 0 aliphatic rings. The Kier molecular flexibility index (Phi) is 3.26. The van der Waals surface area contributed by atoms with Crippen LogP contribution in [0.3, 0.4) is 0 Å². The van der Waals surface area contributed by atoms with Crippen molar-refractivity contribution in [2.75, 3.05) is 5.73 Å². The van der Waals surface area contributed by atoms with E-state index in [1.807, 2.05) is 6.07 Å². The molecule has 0 saturated carbocycles. The van der Waals surface area contributed by atoms with Gasteiger partial charge >= 0.3 is 0 Å². The summed E-state index contributed by atoms with van der Waals surface area (Å²) >= 11 is 9.29. The lowest BCUT2D eigenvalue weighted by molar-refractivity contribution is 0.462. The molecule has 0 aliphatic carbocycles. The molecule has 2 aromatic rings. The summed E-state index contributed by atoms with van der Waals surface area (Å²) in [4.78, 5) is 7.68. The zero-order valence-corrected chi connectivity index (χ0v) is 10.4. The van der Waals surface area contributed by atoms with E-state index in [1.165, 1.54) is 12.4 Å². The lowest BCUT2D eigenvalue weighted by Gasteiger charge is -2.06. The van der Waals surface area contributed by atoms with E-state index in [0.717, 1.165) is 4.47 Å². The average molecular weight is 301 g/mol. The number of nitrogen functional groups attached to an aromatic ring is 1. The predicted octanol–water partition coefficient (Wildman–Crippen LogP) is 3.27. The molecular formula is C10H7BrClN3O. The number of nitrogens with two attached hydrogens (primary N) is 1. The van der Waals surface area contributed by atoms with Crippen molar-refractivity contribution in [3.8, 4) is 11.6 Å². The number of hydrogen-bond donors (Lipinski definition) is 1. The van der Waals surface area contributed by atoms with Crippen molar-refractivity contribution in [1.29, 1.82) is 0 Å². The minimum absolute atomic E-state index is 0.344. The number of rotatable bonds is 2. The van der Waals surface area contributed by atoms with Crippen molar-refractivity contribution in [2.24, 2.45) is 0 Å². The Labute approximate surface area is 106 Å². The third-order valence-corrected chi connectivity index (χ3v) is 2.58. The van der Waals surface area contributed by atoms with Crippen molar-refractivity contribution >= 4 is 33.3 Å². The fourth-order valence-corrected chi connectivity index (χ4v) is 1.57. The molecule has 0 atom stereocenters. The Balaban J connectivity index is 2.30. The zero-order chi connectivity index (χ0) is 11.5. The first-order valence-electron chi connectivity index (χ1n) is 4.35. The van der Waals surface area contributed by atoms with Crippen LogP contribution in [0.4, 0.5) is 5.82 Å². The fraction of sp³-hybridized carbons (Fsp3) is 0. The van der Waals surface area contributed by atoms with Crippen molar-refractivity contribution < 1.29 is 4.74 Å². The standard InChI is InChI=1S/C10H7BrClN3O/c11-6-1-2-7(12)8(3-6)16-10-4-9(13)14-5-15-10/h1-5H,(H2,13,14,15). The van der Waals surface area contributed by atoms with E-state index >= 15 is 0 Å². The maximum absolute atomic E-state index is 5.97. The summed E-state index contributed by atoms with van der Waals surface area (Å²) in [6.07, 6.45) is 1.33. The van der Waals surface area contributed by atoms with Crippen molar-refractivity contribution in [3.05, 3.63) is 40.1 Å². The molecule has 82 valence electrons. The van der Waals surface area contributed by atoms with Gasteiger partial charge in [-0.1, -0.05) is 27.5 Å². The minimum atomic E-state index is 0.344. The quantitative estimate of drug-likeness (QED) is 0.924. The molecule has 0 fully saturated rings. The molecule has 0 radical (unpaired) electrons. The van der Waals surface area contributed by atoms with Crippen LogP contribution in [-0.4, -0.2) is 9.97 Å². The van der Waals surface area contributed by atoms with Crippen LogP contribution in [0.15, 0.2) is 35.1 Å². The van der Waals surface area contributed by atoms with Crippen molar-refractivity contribution in [2.45, 2.75) is 0 Å². The van der Waals surface area contributed by atoms with Crippen LogP contribution in [0.25, 0.3) is 0 Å². The topological polar surface area (TPSA) is 61.0 Å². The summed E-state index contributed by atoms with van der Waals surface area (Å²) in [5, 5.41) is 0.500. The van der Waals surface area contributed by atoms with Crippen LogP contribution in [0.5, 0.6) is 11.6 Å². The highest BCUT2D eigenvalue weighted by atomic mass is 79.9. The summed E-state index contributed by atoms with van der Waals surface area (Å²) in [6, 6.07) is 6.83. The zero-order valence-electron chi connectivity index (χ0n) is 8.02. The lowest BCUT2D eigenvalue weighted by atomic mass is 10.3. The third kappa shape index (κ3) is 2.62. The molecular weight excluding hydrogens is 293 g/mol. The Morgan fingerprint density at radius 2 is 2.06 bits per heavy atom. The number of nitrogens with zero attached hydrogens (tertiary/aromatic N) is 2. The van der Waals surface area contributed by atoms with E-state index in [1.54, 1.807) is 12.1 Å². The Bertz CT molecular complexity index is 521. The van der Waals surface area contributed by atoms with E-state index < -0.39 is 0 Å². The van der Waals surface area contributed by atoms with Crippen LogP contribution in [0.2, 0.25) is 5.02 Å². The Morgan fingerprint density at radius 3 is 2.81 bits per heavy atom. The van der Waals surface area contributed by atoms with E-state index in [2.05, 4.69) is 25.9 Å². The van der Waals surface area contributed by atoms with Gasteiger partial charge in [-0.15, -0.1) is 0 Å². The van der Waals surface area contributed by atoms with Gasteiger partial charge in [0.2, 0.25) is 5.88 Å². The van der Waals surface area contributed by atoms with Crippen molar-refractivity contribution in [3.63, 3.8) is 0 Å². The maximum atomic E-state index is 5.97. The normalized spacial score (nSPS) is 10.1. The highest BCUT2D eigenvalue weighted by Gasteiger charge is 2.05. The molecule has 0 spiro atoms. The van der Waals surface area contributed by atoms with Gasteiger partial charge in [-0.3, -0.25) is 0 Å². The highest BCUT2D eigenvalue weighted by Crippen LogP contribution is 2.31. The first-order chi connectivity index (χ1) is 7.65. The number of benzene rings is 1. The second-order valence-corrected chi connectivity index (χ2v) is 4.28. The van der Waals surface area contributed by atoms with Crippen LogP contribution in [-0.2, 0) is 0 Å². The van der Waals surface area contributed by atoms with Gasteiger partial charge in [0.25, 0.3) is 0 Å². The van der Waals surface area contributed by atoms with Crippen LogP contribution < -0.4 is 10.5 Å². The van der Waals surface area contributed by atoms with Gasteiger partial charge in [-0.2, -0.15) is 0 Å². The van der Waals surface area contributed by atoms with Gasteiger partial charge in [-0.05, 0) is 18.2 Å². The maximum Gasteiger partial charge on any atom is 0.224 e. The number of hydrogen-bond acceptors (Lipinski definition) is 4. The van der Waals surface area contributed by atoms with Gasteiger partial charge in [0.15, 0.2) is 0 Å². The number of anilines is 1. The molecule has 0 unspecified atom stereocenters. The summed E-state index contributed by atoms with van der Waals surface area (Å²) in [5.41, 5.74) is 5.51. The average Bonchev–Trinajstić information content (AvgIpc) is 2.24. The molecule has 0 bridgehead atoms. The van der Waals surface area contributed by atoms with E-state index in [0.29, 0.717) is 22.5 Å². The SMILES string of the molecule is Nc1cc(Oc2cc(Br)ccc2Cl)ncn1. The van der Waals surface area contributed by atoms with E-state index in [4.69, 9.17) is 22.1 Å². The molecule has 1 aromatic heterocycles. The molecule has 4 nitrogen and oxygen atoms in total. The molecule has 16 heavy (non-hydrogen) atoms. The predicted molar refractivity (Wildman–Crippen MR) is 65.7 cm³/mol. The van der Waals surface area contributed by atoms with Gasteiger partial charge in [0.05, 0.1) is 5.02 Å². The summed E-state index contributed by atoms with van der Waals surface area (Å²) < 4.78 is 6.35. The first-order valence-corrected chi connectivity index (χ1v) is 5.52. The van der Waals surface area contributed by atoms with Crippen LogP contribution in [0, 0.1) is 0 Å². The molecule has 6 heteroatoms. The summed E-state index contributed by atoms with van der Waals surface area (Å²) in [7, 11) is 0.